The molecule has 1 aliphatic carbocycles. The van der Waals surface area contributed by atoms with E-state index in [-0.39, 0.29) is 32.3 Å². The molecule has 0 aliphatic heterocycles. The Morgan fingerprint density at radius 2 is 1.35 bits per heavy atom. The van der Waals surface area contributed by atoms with Gasteiger partial charge in [0, 0.05) is 17.2 Å². The van der Waals surface area contributed by atoms with E-state index in [1.807, 2.05) is 0 Å². The number of isocyanates is 2. The standard InChI is InChI=1S/C8H12O2.C7H9NO3.C6H7NO3/c1-6(2)8(9)10-5-7-3-4-7;1-6(2)7(10)11-4-3-8-5-9;1-2-6(9)10-4-3-7-5-8/h7H,1,3-5H2,2H3;1,3-4H2,2H3;2H,1,3-4H2. The maximum Gasteiger partial charge on any atom is 0.333 e. The van der Waals surface area contributed by atoms with Gasteiger partial charge in [0.15, 0.2) is 0 Å². The molecule has 0 aromatic heterocycles. The van der Waals surface area contributed by atoms with Gasteiger partial charge in [-0.3, -0.25) is 0 Å². The van der Waals surface area contributed by atoms with Crippen molar-refractivity contribution in [2.75, 3.05) is 32.9 Å². The Kier molecular flexibility index (Phi) is 18.8. The van der Waals surface area contributed by atoms with Gasteiger partial charge in [0.1, 0.15) is 13.2 Å². The van der Waals surface area contributed by atoms with Crippen LogP contribution in [-0.2, 0) is 38.2 Å². The summed E-state index contributed by atoms with van der Waals surface area (Å²) in [4.78, 5) is 57.0. The first-order chi connectivity index (χ1) is 14.7. The summed E-state index contributed by atoms with van der Waals surface area (Å²) in [7, 11) is 0. The summed E-state index contributed by atoms with van der Waals surface area (Å²) in [6.45, 7) is 14.3. The Morgan fingerprint density at radius 3 is 1.74 bits per heavy atom. The number of aliphatic imine (C=N–C) groups is 2. The average molecular weight is 436 g/mol. The zero-order valence-corrected chi connectivity index (χ0v) is 17.9. The van der Waals surface area contributed by atoms with Crippen molar-refractivity contribution < 1.29 is 38.2 Å². The topological polar surface area (TPSA) is 138 Å². The SMILES string of the molecule is C=C(C)C(=O)OCC1CC1.C=C(C)C(=O)OCCN=C=O.C=CC(=O)OCCN=C=O. The third kappa shape index (κ3) is 22.5. The molecule has 0 bridgehead atoms. The lowest BCUT2D eigenvalue weighted by Gasteiger charge is -2.00. The summed E-state index contributed by atoms with van der Waals surface area (Å²) in [5.41, 5.74) is 0.820. The van der Waals surface area contributed by atoms with Crippen molar-refractivity contribution in [3.05, 3.63) is 37.0 Å². The molecule has 0 spiro atoms. The number of carbonyl (C=O) groups excluding carboxylic acids is 5. The van der Waals surface area contributed by atoms with Gasteiger partial charge < -0.3 is 14.2 Å². The second-order valence-electron chi connectivity index (χ2n) is 6.06. The summed E-state index contributed by atoms with van der Waals surface area (Å²) in [6.07, 6.45) is 6.12. The molecule has 0 unspecified atom stereocenters. The van der Waals surface area contributed by atoms with Crippen LogP contribution < -0.4 is 0 Å². The van der Waals surface area contributed by atoms with Crippen LogP contribution in [0.1, 0.15) is 26.7 Å². The van der Waals surface area contributed by atoms with E-state index >= 15 is 0 Å². The fourth-order valence-electron chi connectivity index (χ4n) is 1.25. The Balaban J connectivity index is 0. The molecule has 0 amide bonds. The summed E-state index contributed by atoms with van der Waals surface area (Å²) in [6, 6.07) is 0. The number of esters is 3. The van der Waals surface area contributed by atoms with Gasteiger partial charge in [0.2, 0.25) is 12.2 Å². The molecule has 1 fully saturated rings. The lowest BCUT2D eigenvalue weighted by atomic mass is 10.3. The normalized spacial score (nSPS) is 10.6. The van der Waals surface area contributed by atoms with E-state index in [0.717, 1.165) is 6.08 Å². The van der Waals surface area contributed by atoms with E-state index in [0.29, 0.717) is 23.7 Å². The zero-order valence-electron chi connectivity index (χ0n) is 17.9. The number of rotatable bonds is 11. The van der Waals surface area contributed by atoms with E-state index in [2.05, 4.69) is 39.2 Å². The van der Waals surface area contributed by atoms with Crippen LogP contribution in [0.15, 0.2) is 46.9 Å². The van der Waals surface area contributed by atoms with Crippen molar-refractivity contribution in [1.82, 2.24) is 0 Å². The number of hydrogen-bond acceptors (Lipinski definition) is 10. The lowest BCUT2D eigenvalue weighted by molar-refractivity contribution is -0.140. The highest BCUT2D eigenvalue weighted by Gasteiger charge is 2.22. The smallest absolute Gasteiger partial charge is 0.333 e. The molecule has 0 radical (unpaired) electrons. The molecule has 170 valence electrons. The van der Waals surface area contributed by atoms with Crippen LogP contribution >= 0.6 is 0 Å². The third-order valence-electron chi connectivity index (χ3n) is 3.02. The largest absolute Gasteiger partial charge is 0.462 e. The maximum atomic E-state index is 10.8. The van der Waals surface area contributed by atoms with E-state index in [1.54, 1.807) is 13.8 Å². The molecule has 10 nitrogen and oxygen atoms in total. The zero-order chi connectivity index (χ0) is 24.1. The van der Waals surface area contributed by atoms with Gasteiger partial charge in [-0.25, -0.2) is 34.0 Å². The first kappa shape index (κ1) is 29.6. The van der Waals surface area contributed by atoms with Crippen LogP contribution in [-0.4, -0.2) is 63.0 Å². The minimum Gasteiger partial charge on any atom is -0.462 e. The van der Waals surface area contributed by atoms with Crippen molar-refractivity contribution in [3.8, 4) is 0 Å². The van der Waals surface area contributed by atoms with Crippen molar-refractivity contribution in [1.29, 1.82) is 0 Å². The molecule has 1 aliphatic rings. The van der Waals surface area contributed by atoms with Gasteiger partial charge >= 0.3 is 17.9 Å². The van der Waals surface area contributed by atoms with Gasteiger partial charge in [-0.1, -0.05) is 19.7 Å². The fourth-order valence-corrected chi connectivity index (χ4v) is 1.25. The number of hydrogen-bond donors (Lipinski definition) is 0. The first-order valence-corrected chi connectivity index (χ1v) is 9.21. The van der Waals surface area contributed by atoms with Crippen molar-refractivity contribution in [3.63, 3.8) is 0 Å². The molecule has 0 aromatic rings. The lowest BCUT2D eigenvalue weighted by Crippen LogP contribution is -2.07. The Hall–Kier alpha value is -3.61. The van der Waals surface area contributed by atoms with E-state index in [1.165, 1.54) is 25.0 Å². The predicted molar refractivity (Wildman–Crippen MR) is 111 cm³/mol. The monoisotopic (exact) mass is 436 g/mol. The summed E-state index contributed by atoms with van der Waals surface area (Å²) in [5.74, 6) is -0.595. The van der Waals surface area contributed by atoms with Crippen molar-refractivity contribution in [2.24, 2.45) is 15.9 Å². The van der Waals surface area contributed by atoms with Gasteiger partial charge in [-0.2, -0.15) is 0 Å². The number of carbonyl (C=O) groups is 3. The average Bonchev–Trinajstić information content (AvgIpc) is 3.57. The first-order valence-electron chi connectivity index (χ1n) is 9.21. The van der Waals surface area contributed by atoms with Gasteiger partial charge in [0.05, 0.1) is 19.7 Å². The molecular formula is C21H28N2O8. The summed E-state index contributed by atoms with van der Waals surface area (Å²) in [5, 5.41) is 0. The minimum absolute atomic E-state index is 0.0973. The molecule has 0 heterocycles. The quantitative estimate of drug-likeness (QED) is 0.120. The maximum absolute atomic E-state index is 10.8. The summed E-state index contributed by atoms with van der Waals surface area (Å²) >= 11 is 0. The Morgan fingerprint density at radius 1 is 0.903 bits per heavy atom. The van der Waals surface area contributed by atoms with Gasteiger partial charge in [-0.05, 0) is 32.6 Å². The second kappa shape index (κ2) is 19.7. The van der Waals surface area contributed by atoms with Crippen LogP contribution in [0, 0.1) is 5.92 Å². The highest BCUT2D eigenvalue weighted by atomic mass is 16.5. The fraction of sp³-hybridized carbons (Fsp3) is 0.476. The third-order valence-corrected chi connectivity index (χ3v) is 3.02. The molecule has 0 saturated heterocycles. The molecule has 1 saturated carbocycles. The molecular weight excluding hydrogens is 408 g/mol. The molecule has 1 rings (SSSR count). The number of ether oxygens (including phenoxy) is 3. The van der Waals surface area contributed by atoms with E-state index in [4.69, 9.17) is 4.74 Å². The van der Waals surface area contributed by atoms with Crippen LogP contribution in [0.3, 0.4) is 0 Å². The van der Waals surface area contributed by atoms with Gasteiger partial charge in [0.25, 0.3) is 0 Å². The van der Waals surface area contributed by atoms with Crippen LogP contribution in [0.25, 0.3) is 0 Å². The Labute approximate surface area is 181 Å². The highest BCUT2D eigenvalue weighted by molar-refractivity contribution is 5.87. The van der Waals surface area contributed by atoms with Crippen LogP contribution in [0.5, 0.6) is 0 Å². The predicted octanol–water partition coefficient (Wildman–Crippen LogP) is 2.01. The Bertz CT molecular complexity index is 728. The molecule has 0 atom stereocenters. The van der Waals surface area contributed by atoms with Crippen molar-refractivity contribution >= 4 is 30.1 Å². The molecule has 10 heteroatoms. The second-order valence-corrected chi connectivity index (χ2v) is 6.06. The highest BCUT2D eigenvalue weighted by Crippen LogP contribution is 2.28. The molecule has 0 aromatic carbocycles. The van der Waals surface area contributed by atoms with Crippen LogP contribution in [0.4, 0.5) is 0 Å². The van der Waals surface area contributed by atoms with Gasteiger partial charge in [-0.15, -0.1) is 0 Å². The van der Waals surface area contributed by atoms with Crippen LogP contribution in [0.2, 0.25) is 0 Å². The summed E-state index contributed by atoms with van der Waals surface area (Å²) < 4.78 is 13.9. The molecule has 31 heavy (non-hydrogen) atoms. The van der Waals surface area contributed by atoms with E-state index < -0.39 is 11.9 Å². The van der Waals surface area contributed by atoms with Crippen molar-refractivity contribution in [2.45, 2.75) is 26.7 Å². The minimum atomic E-state index is -0.513. The molecule has 0 N–H and O–H groups in total. The number of nitrogens with zero attached hydrogens (tertiary/aromatic N) is 2. The van der Waals surface area contributed by atoms with E-state index in [9.17, 15) is 24.0 Å².